The van der Waals surface area contributed by atoms with Gasteiger partial charge in [0.25, 0.3) is 0 Å². The van der Waals surface area contributed by atoms with Crippen molar-refractivity contribution >= 4 is 16.5 Å². The molecule has 1 heterocycles. The van der Waals surface area contributed by atoms with E-state index in [1.54, 1.807) is 0 Å². The maximum absolute atomic E-state index is 5.71. The number of fused-ring (bicyclic) bond motifs is 2. The minimum atomic E-state index is 0.229. The van der Waals surface area contributed by atoms with Gasteiger partial charge in [-0.3, -0.25) is 0 Å². The van der Waals surface area contributed by atoms with Gasteiger partial charge in [0, 0.05) is 11.3 Å². The molecule has 1 unspecified atom stereocenters. The number of benzene rings is 3. The fourth-order valence-corrected chi connectivity index (χ4v) is 2.76. The van der Waals surface area contributed by atoms with Gasteiger partial charge in [-0.15, -0.1) is 0 Å². The van der Waals surface area contributed by atoms with Crippen LogP contribution in [0.5, 0.6) is 5.75 Å². The minimum absolute atomic E-state index is 0.229. The normalized spacial score (nSPS) is 16.7. The number of rotatable bonds is 2. The van der Waals surface area contributed by atoms with E-state index in [1.165, 1.54) is 16.3 Å². The molecule has 2 heteroatoms. The highest BCUT2D eigenvalue weighted by Crippen LogP contribution is 2.34. The molecular weight excluding hydrogens is 246 g/mol. The van der Waals surface area contributed by atoms with Crippen molar-refractivity contribution in [2.45, 2.75) is 6.04 Å². The zero-order valence-corrected chi connectivity index (χ0v) is 11.0. The third-order valence-corrected chi connectivity index (χ3v) is 3.79. The van der Waals surface area contributed by atoms with Gasteiger partial charge in [0.2, 0.25) is 0 Å². The molecule has 1 N–H and O–H groups in total. The monoisotopic (exact) mass is 261 g/mol. The molecule has 3 aromatic rings. The van der Waals surface area contributed by atoms with Gasteiger partial charge in [-0.25, -0.2) is 0 Å². The number of ether oxygens (including phenoxy) is 1. The Bertz CT molecular complexity index is 766. The Labute approximate surface area is 118 Å². The Morgan fingerprint density at radius 3 is 2.60 bits per heavy atom. The molecule has 0 aliphatic carbocycles. The first-order valence-corrected chi connectivity index (χ1v) is 6.87. The van der Waals surface area contributed by atoms with Crippen LogP contribution in [0.1, 0.15) is 11.6 Å². The molecular formula is C18H15NO. The Hall–Kier alpha value is -2.48. The van der Waals surface area contributed by atoms with Crippen molar-refractivity contribution in [1.82, 2.24) is 0 Å². The van der Waals surface area contributed by atoms with E-state index in [2.05, 4.69) is 59.9 Å². The molecule has 0 spiro atoms. The van der Waals surface area contributed by atoms with Crippen LogP contribution in [0.25, 0.3) is 10.8 Å². The highest BCUT2D eigenvalue weighted by molar-refractivity contribution is 5.85. The molecule has 20 heavy (non-hydrogen) atoms. The van der Waals surface area contributed by atoms with Gasteiger partial charge in [-0.2, -0.15) is 0 Å². The van der Waals surface area contributed by atoms with Crippen LogP contribution in [0.2, 0.25) is 0 Å². The van der Waals surface area contributed by atoms with Gasteiger partial charge in [0.1, 0.15) is 12.4 Å². The van der Waals surface area contributed by atoms with Crippen molar-refractivity contribution in [3.8, 4) is 5.75 Å². The van der Waals surface area contributed by atoms with Crippen molar-refractivity contribution in [2.75, 3.05) is 11.9 Å². The molecule has 2 nitrogen and oxygen atoms in total. The van der Waals surface area contributed by atoms with Crippen LogP contribution < -0.4 is 10.1 Å². The average molecular weight is 261 g/mol. The van der Waals surface area contributed by atoms with Crippen LogP contribution in [0.4, 0.5) is 5.69 Å². The summed E-state index contributed by atoms with van der Waals surface area (Å²) in [6.45, 7) is 0.687. The van der Waals surface area contributed by atoms with E-state index in [0.717, 1.165) is 11.4 Å². The van der Waals surface area contributed by atoms with Crippen molar-refractivity contribution in [3.05, 3.63) is 72.3 Å². The first-order chi connectivity index (χ1) is 9.90. The van der Waals surface area contributed by atoms with Crippen molar-refractivity contribution in [2.24, 2.45) is 0 Å². The predicted molar refractivity (Wildman–Crippen MR) is 82.2 cm³/mol. The maximum atomic E-state index is 5.71. The van der Waals surface area contributed by atoms with E-state index in [1.807, 2.05) is 12.1 Å². The molecule has 0 radical (unpaired) electrons. The molecule has 1 atom stereocenters. The van der Waals surface area contributed by atoms with Gasteiger partial charge in [0.15, 0.2) is 0 Å². The quantitative estimate of drug-likeness (QED) is 0.739. The summed E-state index contributed by atoms with van der Waals surface area (Å²) in [7, 11) is 0. The van der Waals surface area contributed by atoms with E-state index in [9.17, 15) is 0 Å². The standard InChI is InChI=1S/C18H15NO/c1-2-6-14-11-15(10-9-13(14)5-1)19-17-12-20-18-8-4-3-7-16(17)18/h1-11,17,19H,12H2. The Balaban J connectivity index is 1.65. The van der Waals surface area contributed by atoms with Crippen LogP contribution in [0, 0.1) is 0 Å². The van der Waals surface area contributed by atoms with Gasteiger partial charge >= 0.3 is 0 Å². The topological polar surface area (TPSA) is 21.3 Å². The molecule has 1 aliphatic rings. The fraction of sp³-hybridized carbons (Fsp3) is 0.111. The second kappa shape index (κ2) is 4.57. The first-order valence-electron chi connectivity index (χ1n) is 6.87. The molecule has 0 aromatic heterocycles. The molecule has 0 fully saturated rings. The summed E-state index contributed by atoms with van der Waals surface area (Å²) < 4.78 is 5.71. The molecule has 98 valence electrons. The smallest absolute Gasteiger partial charge is 0.124 e. The minimum Gasteiger partial charge on any atom is -0.491 e. The number of nitrogens with one attached hydrogen (secondary N) is 1. The third kappa shape index (κ3) is 1.90. The first kappa shape index (κ1) is 11.4. The van der Waals surface area contributed by atoms with Crippen LogP contribution in [-0.4, -0.2) is 6.61 Å². The molecule has 0 bridgehead atoms. The zero-order chi connectivity index (χ0) is 13.4. The average Bonchev–Trinajstić information content (AvgIpc) is 2.91. The van der Waals surface area contributed by atoms with E-state index in [4.69, 9.17) is 4.74 Å². The predicted octanol–water partition coefficient (Wildman–Crippen LogP) is 4.39. The highest BCUT2D eigenvalue weighted by atomic mass is 16.5. The summed E-state index contributed by atoms with van der Waals surface area (Å²) in [5.74, 6) is 0.991. The lowest BCUT2D eigenvalue weighted by Crippen LogP contribution is -2.11. The van der Waals surface area contributed by atoms with E-state index in [-0.39, 0.29) is 6.04 Å². The molecule has 1 aliphatic heterocycles. The Morgan fingerprint density at radius 2 is 1.65 bits per heavy atom. The van der Waals surface area contributed by atoms with E-state index < -0.39 is 0 Å². The van der Waals surface area contributed by atoms with Gasteiger partial charge in [0.05, 0.1) is 6.04 Å². The number of anilines is 1. The summed E-state index contributed by atoms with van der Waals surface area (Å²) >= 11 is 0. The third-order valence-electron chi connectivity index (χ3n) is 3.79. The maximum Gasteiger partial charge on any atom is 0.124 e. The van der Waals surface area contributed by atoms with Crippen LogP contribution >= 0.6 is 0 Å². The second-order valence-corrected chi connectivity index (χ2v) is 5.11. The number of para-hydroxylation sites is 1. The van der Waals surface area contributed by atoms with Crippen molar-refractivity contribution in [3.63, 3.8) is 0 Å². The number of hydrogen-bond donors (Lipinski definition) is 1. The summed E-state index contributed by atoms with van der Waals surface area (Å²) in [6, 6.07) is 23.3. The fourth-order valence-electron chi connectivity index (χ4n) is 2.76. The largest absolute Gasteiger partial charge is 0.491 e. The van der Waals surface area contributed by atoms with E-state index >= 15 is 0 Å². The molecule has 3 aromatic carbocycles. The second-order valence-electron chi connectivity index (χ2n) is 5.11. The SMILES string of the molecule is c1ccc2c(c1)OCC2Nc1ccc2ccccc2c1. The highest BCUT2D eigenvalue weighted by Gasteiger charge is 2.23. The van der Waals surface area contributed by atoms with Crippen molar-refractivity contribution < 1.29 is 4.74 Å². The summed E-state index contributed by atoms with van der Waals surface area (Å²) in [5, 5.41) is 6.08. The van der Waals surface area contributed by atoms with Gasteiger partial charge < -0.3 is 10.1 Å². The lowest BCUT2D eigenvalue weighted by Gasteiger charge is -2.13. The molecule has 4 rings (SSSR count). The summed E-state index contributed by atoms with van der Waals surface area (Å²) in [4.78, 5) is 0. The molecule has 0 saturated heterocycles. The number of hydrogen-bond acceptors (Lipinski definition) is 2. The zero-order valence-electron chi connectivity index (χ0n) is 11.0. The van der Waals surface area contributed by atoms with Gasteiger partial charge in [-0.1, -0.05) is 48.5 Å². The van der Waals surface area contributed by atoms with E-state index in [0.29, 0.717) is 6.61 Å². The Kier molecular flexibility index (Phi) is 2.59. The van der Waals surface area contributed by atoms with Crippen LogP contribution in [0.3, 0.4) is 0 Å². The summed E-state index contributed by atoms with van der Waals surface area (Å²) in [6.07, 6.45) is 0. The molecule has 0 amide bonds. The summed E-state index contributed by atoms with van der Waals surface area (Å²) in [5.41, 5.74) is 2.37. The molecule has 0 saturated carbocycles. The lowest BCUT2D eigenvalue weighted by molar-refractivity contribution is 0.340. The van der Waals surface area contributed by atoms with Crippen molar-refractivity contribution in [1.29, 1.82) is 0 Å². The van der Waals surface area contributed by atoms with Crippen LogP contribution in [0.15, 0.2) is 66.7 Å². The Morgan fingerprint density at radius 1 is 0.850 bits per heavy atom. The van der Waals surface area contributed by atoms with Gasteiger partial charge in [-0.05, 0) is 29.0 Å². The lowest BCUT2D eigenvalue weighted by atomic mass is 10.1. The van der Waals surface area contributed by atoms with Crippen LogP contribution in [-0.2, 0) is 0 Å².